The highest BCUT2D eigenvalue weighted by atomic mass is 35.5. The Kier molecular flexibility index (Phi) is 10.0. The van der Waals surface area contributed by atoms with Gasteiger partial charge < -0.3 is 19.5 Å². The second-order valence-corrected chi connectivity index (χ2v) is 9.94. The lowest BCUT2D eigenvalue weighted by atomic mass is 9.97. The number of aryl methyl sites for hydroxylation is 1. The lowest BCUT2D eigenvalue weighted by molar-refractivity contribution is -0.139. The Bertz CT molecular complexity index is 1350. The van der Waals surface area contributed by atoms with Crippen molar-refractivity contribution in [2.45, 2.75) is 6.92 Å². The summed E-state index contributed by atoms with van der Waals surface area (Å²) in [5, 5.41) is 9.51. The normalized spacial score (nSPS) is 14.4. The third-order valence-electron chi connectivity index (χ3n) is 6.52. The zero-order valence-corrected chi connectivity index (χ0v) is 23.1. The highest BCUT2D eigenvalue weighted by Gasteiger charge is 2.12. The maximum Gasteiger partial charge on any atom is 0.341 e. The molecule has 6 nitrogen and oxygen atoms in total. The lowest BCUT2D eigenvalue weighted by Gasteiger charge is -2.30. The van der Waals surface area contributed by atoms with E-state index in [4.69, 9.17) is 26.2 Å². The van der Waals surface area contributed by atoms with Gasteiger partial charge in [0.25, 0.3) is 0 Å². The van der Waals surface area contributed by atoms with Crippen LogP contribution in [0.15, 0.2) is 72.8 Å². The van der Waals surface area contributed by atoms with E-state index >= 15 is 0 Å². The number of benzene rings is 3. The Morgan fingerprint density at radius 1 is 0.974 bits per heavy atom. The number of nitrogens with zero attached hydrogens (tertiary/aromatic N) is 2. The summed E-state index contributed by atoms with van der Waals surface area (Å²) in [4.78, 5) is 15.5. The molecule has 39 heavy (non-hydrogen) atoms. The number of likely N-dealkylation sites (N-methyl/N-ethyl adjacent to an activating group) is 1. The van der Waals surface area contributed by atoms with Crippen LogP contribution in [-0.4, -0.2) is 73.9 Å². The number of halogens is 1. The molecular weight excluding hydrogens is 512 g/mol. The van der Waals surface area contributed by atoms with Crippen molar-refractivity contribution >= 4 is 23.1 Å². The molecule has 3 aromatic rings. The SMILES string of the molecule is Cc1cc(OC/C=C(/c2ccc(Cl)cc2)c2ccc(C#CCN3CCN(C)CC3)cc2)ccc1OCC(=O)O. The summed E-state index contributed by atoms with van der Waals surface area (Å²) in [6, 6.07) is 21.3. The number of ether oxygens (including phenoxy) is 2. The predicted molar refractivity (Wildman–Crippen MR) is 156 cm³/mol. The molecule has 202 valence electrons. The highest BCUT2D eigenvalue weighted by Crippen LogP contribution is 2.27. The van der Waals surface area contributed by atoms with Crippen molar-refractivity contribution in [1.82, 2.24) is 9.80 Å². The molecule has 0 unspecified atom stereocenters. The quantitative estimate of drug-likeness (QED) is 0.373. The Balaban J connectivity index is 1.45. The number of hydrogen-bond donors (Lipinski definition) is 1. The zero-order valence-electron chi connectivity index (χ0n) is 22.3. The maximum atomic E-state index is 10.8. The molecule has 1 fully saturated rings. The van der Waals surface area contributed by atoms with Crippen molar-refractivity contribution in [3.8, 4) is 23.3 Å². The fourth-order valence-corrected chi connectivity index (χ4v) is 4.38. The number of rotatable bonds is 9. The summed E-state index contributed by atoms with van der Waals surface area (Å²) in [5.41, 5.74) is 4.91. The largest absolute Gasteiger partial charge is 0.489 e. The lowest BCUT2D eigenvalue weighted by Crippen LogP contribution is -2.44. The van der Waals surface area contributed by atoms with Gasteiger partial charge in [-0.2, -0.15) is 0 Å². The van der Waals surface area contributed by atoms with Crippen LogP contribution in [0.25, 0.3) is 5.57 Å². The number of aliphatic carboxylic acids is 1. The van der Waals surface area contributed by atoms with E-state index in [0.29, 0.717) is 23.1 Å². The number of carboxylic acid groups (broad SMARTS) is 1. The van der Waals surface area contributed by atoms with E-state index in [1.807, 2.05) is 43.3 Å². The summed E-state index contributed by atoms with van der Waals surface area (Å²) in [5.74, 6) is 6.80. The molecule has 7 heteroatoms. The van der Waals surface area contributed by atoms with E-state index in [0.717, 1.165) is 60.6 Å². The minimum Gasteiger partial charge on any atom is -0.489 e. The van der Waals surface area contributed by atoms with E-state index in [2.05, 4.69) is 53.0 Å². The number of piperazine rings is 1. The molecule has 0 radical (unpaired) electrons. The van der Waals surface area contributed by atoms with Gasteiger partial charge in [0, 0.05) is 36.8 Å². The fraction of sp³-hybridized carbons (Fsp3) is 0.281. The van der Waals surface area contributed by atoms with Gasteiger partial charge in [-0.3, -0.25) is 4.90 Å². The molecule has 0 aromatic heterocycles. The number of carboxylic acids is 1. The van der Waals surface area contributed by atoms with E-state index in [1.54, 1.807) is 12.1 Å². The first kappa shape index (κ1) is 28.3. The molecule has 1 N–H and O–H groups in total. The summed E-state index contributed by atoms with van der Waals surface area (Å²) < 4.78 is 11.3. The molecule has 0 bridgehead atoms. The molecule has 3 aromatic carbocycles. The monoisotopic (exact) mass is 544 g/mol. The van der Waals surface area contributed by atoms with Crippen molar-refractivity contribution in [3.05, 3.63) is 100 Å². The Morgan fingerprint density at radius 2 is 1.64 bits per heavy atom. The molecule has 0 atom stereocenters. The Labute approximate surface area is 235 Å². The van der Waals surface area contributed by atoms with Crippen molar-refractivity contribution < 1.29 is 19.4 Å². The first-order valence-electron chi connectivity index (χ1n) is 12.9. The number of carbonyl (C=O) groups is 1. The van der Waals surface area contributed by atoms with E-state index < -0.39 is 5.97 Å². The van der Waals surface area contributed by atoms with Crippen molar-refractivity contribution in [3.63, 3.8) is 0 Å². The first-order valence-corrected chi connectivity index (χ1v) is 13.3. The highest BCUT2D eigenvalue weighted by molar-refractivity contribution is 6.30. The molecule has 0 aliphatic carbocycles. The summed E-state index contributed by atoms with van der Waals surface area (Å²) in [6.45, 7) is 6.91. The third kappa shape index (κ3) is 8.62. The Morgan fingerprint density at radius 3 is 2.28 bits per heavy atom. The van der Waals surface area contributed by atoms with Crippen LogP contribution in [0.1, 0.15) is 22.3 Å². The first-order chi connectivity index (χ1) is 18.9. The van der Waals surface area contributed by atoms with Crippen LogP contribution in [0.2, 0.25) is 5.02 Å². The fourth-order valence-electron chi connectivity index (χ4n) is 4.26. The zero-order chi connectivity index (χ0) is 27.6. The van der Waals surface area contributed by atoms with Crippen LogP contribution in [0, 0.1) is 18.8 Å². The molecule has 4 rings (SSSR count). The molecule has 1 aliphatic heterocycles. The minimum atomic E-state index is -1.01. The van der Waals surface area contributed by atoms with Crippen LogP contribution in [0.3, 0.4) is 0 Å². The van der Waals surface area contributed by atoms with Gasteiger partial charge >= 0.3 is 5.97 Å². The van der Waals surface area contributed by atoms with Gasteiger partial charge in [0.15, 0.2) is 6.61 Å². The van der Waals surface area contributed by atoms with E-state index in [-0.39, 0.29) is 6.61 Å². The second kappa shape index (κ2) is 13.9. The molecule has 1 saturated heterocycles. The van der Waals surface area contributed by atoms with Gasteiger partial charge in [-0.05, 0) is 84.8 Å². The average Bonchev–Trinajstić information content (AvgIpc) is 2.93. The summed E-state index contributed by atoms with van der Waals surface area (Å²) in [6.07, 6.45) is 2.04. The van der Waals surface area contributed by atoms with Crippen molar-refractivity contribution in [1.29, 1.82) is 0 Å². The van der Waals surface area contributed by atoms with Gasteiger partial charge in [-0.25, -0.2) is 4.79 Å². The van der Waals surface area contributed by atoms with Gasteiger partial charge in [0.1, 0.15) is 18.1 Å². The molecule has 0 spiro atoms. The van der Waals surface area contributed by atoms with Crippen LogP contribution in [-0.2, 0) is 4.79 Å². The van der Waals surface area contributed by atoms with Gasteiger partial charge in [-0.1, -0.05) is 47.7 Å². The van der Waals surface area contributed by atoms with Crippen molar-refractivity contribution in [2.75, 3.05) is 53.0 Å². The van der Waals surface area contributed by atoms with Gasteiger partial charge in [0.2, 0.25) is 0 Å². The van der Waals surface area contributed by atoms with Crippen LogP contribution in [0.5, 0.6) is 11.5 Å². The molecule has 0 amide bonds. The smallest absolute Gasteiger partial charge is 0.341 e. The number of hydrogen-bond acceptors (Lipinski definition) is 5. The minimum absolute atomic E-state index is 0.347. The topological polar surface area (TPSA) is 62.2 Å². The predicted octanol–water partition coefficient (Wildman–Crippen LogP) is 5.22. The van der Waals surface area contributed by atoms with E-state index in [1.165, 1.54) is 0 Å². The van der Waals surface area contributed by atoms with Gasteiger partial charge in [0.05, 0.1) is 6.54 Å². The molecule has 0 saturated carbocycles. The standard InChI is InChI=1S/C32H33ClN2O4/c1-24-22-29(13-14-31(24)39-23-32(36)37)38-21-15-30(27-9-11-28(33)12-10-27)26-7-5-25(6-8-26)4-3-16-35-19-17-34(2)18-20-35/h5-15,22H,16-21,23H2,1-2H3,(H,36,37)/b30-15+. The maximum absolute atomic E-state index is 10.8. The van der Waals surface area contributed by atoms with Gasteiger partial charge in [-0.15, -0.1) is 0 Å². The molecule has 1 heterocycles. The van der Waals surface area contributed by atoms with Crippen LogP contribution in [0.4, 0.5) is 0 Å². The Hall–Kier alpha value is -3.76. The van der Waals surface area contributed by atoms with Crippen LogP contribution >= 0.6 is 11.6 Å². The van der Waals surface area contributed by atoms with Crippen molar-refractivity contribution in [2.24, 2.45) is 0 Å². The molecule has 1 aliphatic rings. The second-order valence-electron chi connectivity index (χ2n) is 9.50. The van der Waals surface area contributed by atoms with Crippen LogP contribution < -0.4 is 9.47 Å². The third-order valence-corrected chi connectivity index (χ3v) is 6.77. The van der Waals surface area contributed by atoms with E-state index in [9.17, 15) is 4.79 Å². The summed E-state index contributed by atoms with van der Waals surface area (Å²) >= 11 is 6.14. The molecular formula is C32H33ClN2O4. The average molecular weight is 545 g/mol. The summed E-state index contributed by atoms with van der Waals surface area (Å²) in [7, 11) is 2.16.